The molecule has 1 unspecified atom stereocenters. The molecule has 0 saturated heterocycles. The summed E-state index contributed by atoms with van der Waals surface area (Å²) in [5.74, 6) is 0.493. The van der Waals surface area contributed by atoms with Crippen molar-refractivity contribution in [3.8, 4) is 0 Å². The van der Waals surface area contributed by atoms with Crippen LogP contribution in [0.2, 0.25) is 0 Å². The number of rotatable bonds is 2. The van der Waals surface area contributed by atoms with Crippen molar-refractivity contribution in [1.82, 2.24) is 0 Å². The summed E-state index contributed by atoms with van der Waals surface area (Å²) in [6, 6.07) is 1.75. The minimum atomic E-state index is -1.14. The highest BCUT2D eigenvalue weighted by molar-refractivity contribution is 9.10. The van der Waals surface area contributed by atoms with Gasteiger partial charge in [-0.1, -0.05) is 20.8 Å². The highest BCUT2D eigenvalue weighted by Gasteiger charge is 2.44. The van der Waals surface area contributed by atoms with Crippen molar-refractivity contribution in [3.63, 3.8) is 0 Å². The average Bonchev–Trinajstić information content (AvgIpc) is 2.48. The molecular weight excluding hydrogens is 246 g/mol. The fourth-order valence-corrected chi connectivity index (χ4v) is 1.86. The first-order valence-electron chi connectivity index (χ1n) is 4.49. The second-order valence-corrected chi connectivity index (χ2v) is 5.27. The molecular formula is C10H16BrNO2. The molecule has 0 aliphatic rings. The van der Waals surface area contributed by atoms with E-state index in [-0.39, 0.29) is 12.0 Å². The number of furan rings is 1. The van der Waals surface area contributed by atoms with Gasteiger partial charge in [0.05, 0.1) is 10.7 Å². The van der Waals surface area contributed by atoms with Crippen LogP contribution in [0.15, 0.2) is 21.2 Å². The van der Waals surface area contributed by atoms with Crippen LogP contribution in [0.5, 0.6) is 0 Å². The fourth-order valence-electron chi connectivity index (χ4n) is 1.33. The van der Waals surface area contributed by atoms with E-state index in [2.05, 4.69) is 15.9 Å². The number of halogens is 1. The molecule has 0 radical (unpaired) electrons. The molecule has 0 amide bonds. The lowest BCUT2D eigenvalue weighted by molar-refractivity contribution is -0.0727. The number of aliphatic hydroxyl groups is 1. The number of hydrogen-bond donors (Lipinski definition) is 2. The molecule has 3 N–H and O–H groups in total. The highest BCUT2D eigenvalue weighted by Crippen LogP contribution is 2.41. The number of hydrogen-bond acceptors (Lipinski definition) is 3. The van der Waals surface area contributed by atoms with E-state index < -0.39 is 5.60 Å². The van der Waals surface area contributed by atoms with Gasteiger partial charge in [-0.05, 0) is 27.4 Å². The normalized spacial score (nSPS) is 16.7. The van der Waals surface area contributed by atoms with Crippen LogP contribution < -0.4 is 5.73 Å². The summed E-state index contributed by atoms with van der Waals surface area (Å²) < 4.78 is 6.02. The molecule has 1 rings (SSSR count). The summed E-state index contributed by atoms with van der Waals surface area (Å²) in [6.45, 7) is 5.90. The minimum absolute atomic E-state index is 0.128. The van der Waals surface area contributed by atoms with Crippen LogP contribution in [-0.4, -0.2) is 11.7 Å². The Morgan fingerprint density at radius 3 is 2.36 bits per heavy atom. The van der Waals surface area contributed by atoms with Crippen LogP contribution >= 0.6 is 15.9 Å². The van der Waals surface area contributed by atoms with Crippen LogP contribution in [0.1, 0.15) is 26.5 Å². The Kier molecular flexibility index (Phi) is 3.09. The van der Waals surface area contributed by atoms with Gasteiger partial charge in [-0.25, -0.2) is 0 Å². The summed E-state index contributed by atoms with van der Waals surface area (Å²) in [4.78, 5) is 0. The smallest absolute Gasteiger partial charge is 0.151 e. The Morgan fingerprint density at radius 1 is 1.50 bits per heavy atom. The van der Waals surface area contributed by atoms with Crippen molar-refractivity contribution in [1.29, 1.82) is 0 Å². The van der Waals surface area contributed by atoms with Crippen LogP contribution in [0.25, 0.3) is 0 Å². The highest BCUT2D eigenvalue weighted by atomic mass is 79.9. The standard InChI is InChI=1S/C10H16BrNO2/c1-9(2,3)10(13,6-12)8-7(11)4-5-14-8/h4-5,13H,6,12H2,1-3H3. The van der Waals surface area contributed by atoms with Crippen LogP contribution in [-0.2, 0) is 5.60 Å². The van der Waals surface area contributed by atoms with Crippen molar-refractivity contribution >= 4 is 15.9 Å². The molecule has 0 fully saturated rings. The summed E-state index contributed by atoms with van der Waals surface area (Å²) in [5.41, 5.74) is 4.11. The fraction of sp³-hybridized carbons (Fsp3) is 0.600. The molecule has 0 bridgehead atoms. The molecule has 4 heteroatoms. The molecule has 1 heterocycles. The van der Waals surface area contributed by atoms with Gasteiger partial charge in [-0.3, -0.25) is 0 Å². The molecule has 0 aliphatic carbocycles. The number of nitrogens with two attached hydrogens (primary N) is 1. The first kappa shape index (κ1) is 11.8. The predicted molar refractivity (Wildman–Crippen MR) is 58.8 cm³/mol. The van der Waals surface area contributed by atoms with Gasteiger partial charge in [0, 0.05) is 6.54 Å². The van der Waals surface area contributed by atoms with Crippen molar-refractivity contribution in [2.75, 3.05) is 6.54 Å². The lowest BCUT2D eigenvalue weighted by Crippen LogP contribution is -2.46. The van der Waals surface area contributed by atoms with Gasteiger partial charge in [0.15, 0.2) is 5.76 Å². The molecule has 0 spiro atoms. The van der Waals surface area contributed by atoms with E-state index in [4.69, 9.17) is 10.2 Å². The molecule has 1 aromatic rings. The molecule has 0 saturated carbocycles. The zero-order chi connectivity index (χ0) is 11.0. The summed E-state index contributed by atoms with van der Waals surface area (Å²) in [7, 11) is 0. The largest absolute Gasteiger partial charge is 0.465 e. The lowest BCUT2D eigenvalue weighted by Gasteiger charge is -2.37. The maximum atomic E-state index is 10.4. The van der Waals surface area contributed by atoms with Gasteiger partial charge in [0.2, 0.25) is 0 Å². The van der Waals surface area contributed by atoms with E-state index in [1.54, 1.807) is 6.07 Å². The zero-order valence-electron chi connectivity index (χ0n) is 8.67. The second-order valence-electron chi connectivity index (χ2n) is 4.41. The van der Waals surface area contributed by atoms with Gasteiger partial charge in [-0.2, -0.15) is 0 Å². The summed E-state index contributed by atoms with van der Waals surface area (Å²) in [6.07, 6.45) is 1.53. The first-order valence-corrected chi connectivity index (χ1v) is 5.28. The Bertz CT molecular complexity index is 316. The molecule has 0 aromatic carbocycles. The van der Waals surface area contributed by atoms with Gasteiger partial charge in [0.25, 0.3) is 0 Å². The summed E-state index contributed by atoms with van der Waals surface area (Å²) in [5, 5.41) is 10.4. The molecule has 14 heavy (non-hydrogen) atoms. The van der Waals surface area contributed by atoms with Gasteiger partial charge < -0.3 is 15.3 Å². The van der Waals surface area contributed by atoms with Crippen molar-refractivity contribution in [2.45, 2.75) is 26.4 Å². The van der Waals surface area contributed by atoms with E-state index >= 15 is 0 Å². The van der Waals surface area contributed by atoms with Gasteiger partial charge in [0.1, 0.15) is 5.60 Å². The third-order valence-corrected chi connectivity index (χ3v) is 3.15. The van der Waals surface area contributed by atoms with E-state index in [9.17, 15) is 5.11 Å². The van der Waals surface area contributed by atoms with Crippen LogP contribution in [0.3, 0.4) is 0 Å². The Balaban J connectivity index is 3.22. The third-order valence-electron chi connectivity index (χ3n) is 2.53. The van der Waals surface area contributed by atoms with Crippen molar-refractivity contribution in [3.05, 3.63) is 22.6 Å². The van der Waals surface area contributed by atoms with Gasteiger partial charge in [-0.15, -0.1) is 0 Å². The Labute approximate surface area is 92.4 Å². The zero-order valence-corrected chi connectivity index (χ0v) is 10.3. The topological polar surface area (TPSA) is 59.4 Å². The molecule has 0 aliphatic heterocycles. The monoisotopic (exact) mass is 261 g/mol. The maximum absolute atomic E-state index is 10.4. The molecule has 1 atom stereocenters. The maximum Gasteiger partial charge on any atom is 0.151 e. The van der Waals surface area contributed by atoms with Crippen LogP contribution in [0.4, 0.5) is 0 Å². The van der Waals surface area contributed by atoms with E-state index in [0.717, 1.165) is 4.47 Å². The molecule has 80 valence electrons. The third kappa shape index (κ3) is 1.74. The van der Waals surface area contributed by atoms with Crippen molar-refractivity contribution < 1.29 is 9.52 Å². The van der Waals surface area contributed by atoms with E-state index in [1.807, 2.05) is 20.8 Å². The predicted octanol–water partition coefficient (Wildman–Crippen LogP) is 2.23. The Morgan fingerprint density at radius 2 is 2.07 bits per heavy atom. The minimum Gasteiger partial charge on any atom is -0.465 e. The SMILES string of the molecule is CC(C)(C)C(O)(CN)c1occc1Br. The van der Waals surface area contributed by atoms with E-state index in [1.165, 1.54) is 6.26 Å². The Hall–Kier alpha value is -0.320. The molecule has 1 aromatic heterocycles. The van der Waals surface area contributed by atoms with Crippen LogP contribution in [0, 0.1) is 5.41 Å². The molecule has 3 nitrogen and oxygen atoms in total. The van der Waals surface area contributed by atoms with Gasteiger partial charge >= 0.3 is 0 Å². The summed E-state index contributed by atoms with van der Waals surface area (Å²) >= 11 is 3.33. The van der Waals surface area contributed by atoms with Crippen molar-refractivity contribution in [2.24, 2.45) is 11.1 Å². The first-order chi connectivity index (χ1) is 6.33. The average molecular weight is 262 g/mol. The van der Waals surface area contributed by atoms with E-state index in [0.29, 0.717) is 5.76 Å². The lowest BCUT2D eigenvalue weighted by atomic mass is 9.75. The second kappa shape index (κ2) is 3.68. The quantitative estimate of drug-likeness (QED) is 0.859.